The minimum atomic E-state index is -1.61. The fourth-order valence-corrected chi connectivity index (χ4v) is 10.5. The summed E-state index contributed by atoms with van der Waals surface area (Å²) in [5.41, 5.74) is 1.18. The number of aliphatic hydroxyl groups excluding tert-OH is 9. The molecule has 0 radical (unpaired) electrons. The zero-order chi connectivity index (χ0) is 36.8. The first kappa shape index (κ1) is 39.3. The summed E-state index contributed by atoms with van der Waals surface area (Å²) in [6.07, 6.45) is -4.56. The molecule has 0 bridgehead atoms. The van der Waals surface area contributed by atoms with Crippen molar-refractivity contribution in [3.63, 3.8) is 0 Å². The van der Waals surface area contributed by atoms with E-state index in [2.05, 4.69) is 0 Å². The number of fused-ring (bicyclic) bond motifs is 5. The summed E-state index contributed by atoms with van der Waals surface area (Å²) in [6.45, 7) is 2.72. The fraction of sp³-hybridized carbons (Fsp3) is 0.865. The Morgan fingerprint density at radius 1 is 0.843 bits per heavy atom. The van der Waals surface area contributed by atoms with Crippen LogP contribution in [0.15, 0.2) is 23.3 Å². The van der Waals surface area contributed by atoms with E-state index < -0.39 is 98.4 Å². The quantitative estimate of drug-likeness (QED) is 0.0960. The lowest BCUT2D eigenvalue weighted by Crippen LogP contribution is -2.62. The Morgan fingerprint density at radius 3 is 2.12 bits per heavy atom. The van der Waals surface area contributed by atoms with Gasteiger partial charge in [-0.05, 0) is 95.3 Å². The van der Waals surface area contributed by atoms with Gasteiger partial charge in [0.15, 0.2) is 12.6 Å². The summed E-state index contributed by atoms with van der Waals surface area (Å²) in [5.74, 6) is 0.285. The van der Waals surface area contributed by atoms with Gasteiger partial charge in [0.2, 0.25) is 0 Å². The van der Waals surface area contributed by atoms with Gasteiger partial charge >= 0.3 is 0 Å². The Hall–Kier alpha value is -1.37. The highest BCUT2D eigenvalue weighted by Gasteiger charge is 2.62. The molecule has 51 heavy (non-hydrogen) atoms. The molecule has 5 fully saturated rings. The molecule has 2 heterocycles. The van der Waals surface area contributed by atoms with Crippen LogP contribution in [0, 0.1) is 35.0 Å². The first-order valence-corrected chi connectivity index (χ1v) is 18.7. The van der Waals surface area contributed by atoms with Gasteiger partial charge in [-0.3, -0.25) is 0 Å². The lowest BCUT2D eigenvalue weighted by molar-refractivity contribution is -0.316. The van der Waals surface area contributed by atoms with Crippen molar-refractivity contribution >= 4 is 6.29 Å². The zero-order valence-electron chi connectivity index (χ0n) is 29.5. The molecule has 19 atom stereocenters. The molecule has 3 saturated carbocycles. The Labute approximate surface area is 298 Å². The average molecular weight is 727 g/mol. The Balaban J connectivity index is 1.22. The van der Waals surface area contributed by atoms with Gasteiger partial charge in [-0.15, -0.1) is 0 Å². The van der Waals surface area contributed by atoms with Crippen molar-refractivity contribution in [3.8, 4) is 0 Å². The molecule has 290 valence electrons. The summed E-state index contributed by atoms with van der Waals surface area (Å²) in [5, 5.41) is 93.0. The summed E-state index contributed by atoms with van der Waals surface area (Å²) < 4.78 is 24.1. The van der Waals surface area contributed by atoms with Crippen molar-refractivity contribution in [3.05, 3.63) is 23.3 Å². The van der Waals surface area contributed by atoms with Crippen molar-refractivity contribution in [2.75, 3.05) is 13.2 Å². The van der Waals surface area contributed by atoms with E-state index in [1.807, 2.05) is 26.0 Å². The predicted molar refractivity (Wildman–Crippen MR) is 178 cm³/mol. The van der Waals surface area contributed by atoms with Crippen LogP contribution in [-0.4, -0.2) is 145 Å². The van der Waals surface area contributed by atoms with E-state index in [-0.39, 0.29) is 29.6 Å². The Kier molecular flexibility index (Phi) is 12.5. The van der Waals surface area contributed by atoms with Gasteiger partial charge in [0, 0.05) is 11.3 Å². The molecule has 6 aliphatic rings. The highest BCUT2D eigenvalue weighted by molar-refractivity contribution is 5.64. The maximum Gasteiger partial charge on any atom is 0.187 e. The molecule has 2 saturated heterocycles. The van der Waals surface area contributed by atoms with Crippen molar-refractivity contribution in [2.24, 2.45) is 35.0 Å². The van der Waals surface area contributed by atoms with Crippen LogP contribution in [-0.2, 0) is 23.7 Å². The van der Waals surface area contributed by atoms with Crippen molar-refractivity contribution in [2.45, 2.75) is 151 Å². The summed E-state index contributed by atoms with van der Waals surface area (Å²) >= 11 is 0. The fourth-order valence-electron chi connectivity index (χ4n) is 10.5. The molecule has 0 aromatic carbocycles. The Morgan fingerprint density at radius 2 is 1.49 bits per heavy atom. The molecule has 0 spiro atoms. The molecule has 14 nitrogen and oxygen atoms in total. The monoisotopic (exact) mass is 726 g/mol. The standard InChI is InChI=1S/C37H58O14/c1-17(2)11-21(48-35-33(46)31(44)29(42)26(14-38)50-35)6-3-18-4-7-23-22(18)9-10-37(16-40)24-8-5-20(41)12-19(24)13-25(28(23)37)49-36-34(47)32(45)30(43)27(15-39)51-36/h11,13,16,18,20-36,38-39,41-47H,3-10,12,14-15H2,1-2H3/t18-,20-,21-,22+,23+,24+,25+,26+,27+,28+,29+,30+,31-,32-,33+,34+,35+,36+,37+/m0/s1. The van der Waals surface area contributed by atoms with Gasteiger partial charge in [0.25, 0.3) is 0 Å². The van der Waals surface area contributed by atoms with E-state index in [4.69, 9.17) is 18.9 Å². The molecule has 6 rings (SSSR count). The molecule has 0 amide bonds. The number of carbonyl (C=O) groups excluding carboxylic acids is 1. The average Bonchev–Trinajstić information content (AvgIpc) is 3.53. The van der Waals surface area contributed by atoms with Crippen molar-refractivity contribution < 1.29 is 69.7 Å². The van der Waals surface area contributed by atoms with Crippen LogP contribution < -0.4 is 0 Å². The van der Waals surface area contributed by atoms with E-state index in [9.17, 15) is 50.8 Å². The van der Waals surface area contributed by atoms with Gasteiger partial charge in [-0.25, -0.2) is 0 Å². The van der Waals surface area contributed by atoms with Crippen LogP contribution in [0.2, 0.25) is 0 Å². The van der Waals surface area contributed by atoms with Gasteiger partial charge < -0.3 is 69.7 Å². The molecular weight excluding hydrogens is 668 g/mol. The first-order valence-electron chi connectivity index (χ1n) is 18.7. The van der Waals surface area contributed by atoms with Crippen LogP contribution in [0.5, 0.6) is 0 Å². The van der Waals surface area contributed by atoms with Crippen LogP contribution in [0.25, 0.3) is 0 Å². The van der Waals surface area contributed by atoms with Crippen LogP contribution in [0.3, 0.4) is 0 Å². The van der Waals surface area contributed by atoms with E-state index >= 15 is 0 Å². The number of aliphatic hydroxyl groups is 9. The third-order valence-corrected chi connectivity index (χ3v) is 13.0. The summed E-state index contributed by atoms with van der Waals surface area (Å²) in [6, 6.07) is 0. The van der Waals surface area contributed by atoms with Gasteiger partial charge in [-0.1, -0.05) is 23.3 Å². The van der Waals surface area contributed by atoms with Crippen LogP contribution in [0.4, 0.5) is 0 Å². The topological polar surface area (TPSA) is 236 Å². The second-order valence-electron chi connectivity index (χ2n) is 16.2. The maximum atomic E-state index is 13.4. The van der Waals surface area contributed by atoms with Crippen LogP contribution in [0.1, 0.15) is 71.6 Å². The number of rotatable bonds is 11. The third-order valence-electron chi connectivity index (χ3n) is 13.0. The smallest absolute Gasteiger partial charge is 0.187 e. The minimum absolute atomic E-state index is 0.0490. The number of hydrogen-bond donors (Lipinski definition) is 9. The molecule has 0 unspecified atom stereocenters. The predicted octanol–water partition coefficient (Wildman–Crippen LogP) is -0.558. The highest BCUT2D eigenvalue weighted by Crippen LogP contribution is 2.64. The number of carbonyl (C=O) groups is 1. The lowest BCUT2D eigenvalue weighted by Gasteiger charge is -2.58. The molecule has 4 aliphatic carbocycles. The second kappa shape index (κ2) is 16.2. The summed E-state index contributed by atoms with van der Waals surface area (Å²) in [7, 11) is 0. The van der Waals surface area contributed by atoms with Crippen molar-refractivity contribution in [1.29, 1.82) is 0 Å². The lowest BCUT2D eigenvalue weighted by atomic mass is 9.47. The Bertz CT molecular complexity index is 1250. The molecule has 2 aliphatic heterocycles. The molecule has 14 heteroatoms. The van der Waals surface area contributed by atoms with Gasteiger partial charge in [-0.2, -0.15) is 0 Å². The second-order valence-corrected chi connectivity index (χ2v) is 16.2. The minimum Gasteiger partial charge on any atom is -0.394 e. The summed E-state index contributed by atoms with van der Waals surface area (Å²) in [4.78, 5) is 13.4. The SMILES string of the molecule is CC(C)=C[C@H](CC[C@H]1CC[C@@H]2[C@@H]1CC[C@]1(C=O)[C@H]2[C@H](O[C@@H]2O[C@H](CO)[C@@H](O)[C@H](O)[C@H]2O)C=C2C[C@@H](O)CC[C@H]21)O[C@@H]1O[C@H](CO)[C@@H](O)[C@H](O)[C@H]1O. The number of allylic oxidation sites excluding steroid dienone is 1. The van der Waals surface area contributed by atoms with E-state index in [1.54, 1.807) is 0 Å². The first-order chi connectivity index (χ1) is 24.3. The highest BCUT2D eigenvalue weighted by atomic mass is 16.7. The van der Waals surface area contributed by atoms with E-state index in [0.717, 1.165) is 43.1 Å². The number of ether oxygens (including phenoxy) is 4. The van der Waals surface area contributed by atoms with Crippen LogP contribution >= 0.6 is 0 Å². The zero-order valence-corrected chi connectivity index (χ0v) is 29.5. The van der Waals surface area contributed by atoms with Gasteiger partial charge in [0.1, 0.15) is 55.1 Å². The number of aldehydes is 1. The maximum absolute atomic E-state index is 13.4. The molecule has 0 aromatic rings. The largest absolute Gasteiger partial charge is 0.394 e. The molecule has 0 aromatic heterocycles. The van der Waals surface area contributed by atoms with E-state index in [1.165, 1.54) is 0 Å². The molecular formula is C37H58O14. The van der Waals surface area contributed by atoms with Gasteiger partial charge in [0.05, 0.1) is 31.5 Å². The third kappa shape index (κ3) is 7.51. The number of hydrogen-bond acceptors (Lipinski definition) is 14. The normalized spacial score (nSPS) is 48.8. The molecule has 9 N–H and O–H groups in total. The van der Waals surface area contributed by atoms with E-state index in [0.29, 0.717) is 32.1 Å². The van der Waals surface area contributed by atoms with Crippen molar-refractivity contribution in [1.82, 2.24) is 0 Å².